The second kappa shape index (κ2) is 6.44. The standard InChI is InChI=1S/C21H17N3O2/c1-14-8-9-22-20(10-14)24-21(25)19-7-6-16(11-17(19)13-23-24)15-4-3-5-18(12-15)26-2/h3-13H,1-2H3. The Morgan fingerprint density at radius 2 is 1.85 bits per heavy atom. The van der Waals surface area contributed by atoms with Gasteiger partial charge in [-0.3, -0.25) is 4.79 Å². The monoisotopic (exact) mass is 343 g/mol. The van der Waals surface area contributed by atoms with Gasteiger partial charge in [0.15, 0.2) is 5.82 Å². The van der Waals surface area contributed by atoms with Crippen LogP contribution < -0.4 is 10.3 Å². The number of ether oxygens (including phenoxy) is 1. The molecule has 0 saturated heterocycles. The van der Waals surface area contributed by atoms with Crippen molar-refractivity contribution in [2.45, 2.75) is 6.92 Å². The summed E-state index contributed by atoms with van der Waals surface area (Å²) >= 11 is 0. The topological polar surface area (TPSA) is 57.0 Å². The maximum absolute atomic E-state index is 12.8. The summed E-state index contributed by atoms with van der Waals surface area (Å²) in [7, 11) is 1.64. The maximum Gasteiger partial charge on any atom is 0.280 e. The first kappa shape index (κ1) is 16.0. The van der Waals surface area contributed by atoms with Crippen LogP contribution in [-0.2, 0) is 0 Å². The van der Waals surface area contributed by atoms with Gasteiger partial charge in [-0.1, -0.05) is 18.2 Å². The quantitative estimate of drug-likeness (QED) is 0.568. The third kappa shape index (κ3) is 2.84. The Morgan fingerprint density at radius 1 is 1.00 bits per heavy atom. The lowest BCUT2D eigenvalue weighted by Gasteiger charge is -2.08. The Hall–Kier alpha value is -3.47. The molecule has 128 valence electrons. The number of pyridine rings is 1. The van der Waals surface area contributed by atoms with Crippen molar-refractivity contribution in [2.75, 3.05) is 7.11 Å². The van der Waals surface area contributed by atoms with E-state index in [1.54, 1.807) is 19.5 Å². The molecule has 0 radical (unpaired) electrons. The first-order valence-electron chi connectivity index (χ1n) is 8.25. The van der Waals surface area contributed by atoms with Crippen molar-refractivity contribution in [3.63, 3.8) is 0 Å². The largest absolute Gasteiger partial charge is 0.497 e. The predicted molar refractivity (Wildman–Crippen MR) is 102 cm³/mol. The Bertz CT molecular complexity index is 1170. The van der Waals surface area contributed by atoms with Gasteiger partial charge in [0, 0.05) is 11.6 Å². The number of aromatic nitrogens is 3. The smallest absolute Gasteiger partial charge is 0.280 e. The fourth-order valence-corrected chi connectivity index (χ4v) is 2.93. The number of benzene rings is 2. The second-order valence-corrected chi connectivity index (χ2v) is 6.09. The molecule has 0 unspecified atom stereocenters. The lowest BCUT2D eigenvalue weighted by atomic mass is 10.0. The number of fused-ring (bicyclic) bond motifs is 1. The zero-order valence-electron chi connectivity index (χ0n) is 14.5. The van der Waals surface area contributed by atoms with E-state index in [0.29, 0.717) is 11.2 Å². The summed E-state index contributed by atoms with van der Waals surface area (Å²) in [5, 5.41) is 5.70. The molecule has 0 atom stereocenters. The van der Waals surface area contributed by atoms with E-state index in [1.807, 2.05) is 61.5 Å². The van der Waals surface area contributed by atoms with E-state index in [4.69, 9.17) is 4.74 Å². The van der Waals surface area contributed by atoms with E-state index in [1.165, 1.54) is 4.68 Å². The molecule has 4 aromatic rings. The minimum absolute atomic E-state index is 0.183. The van der Waals surface area contributed by atoms with Crippen LogP contribution in [0.2, 0.25) is 0 Å². The SMILES string of the molecule is COc1cccc(-c2ccc3c(=O)n(-c4cc(C)ccn4)ncc3c2)c1. The molecule has 0 bridgehead atoms. The molecule has 0 N–H and O–H groups in total. The average molecular weight is 343 g/mol. The third-order valence-electron chi connectivity index (χ3n) is 4.31. The first-order valence-corrected chi connectivity index (χ1v) is 8.25. The van der Waals surface area contributed by atoms with Gasteiger partial charge in [0.05, 0.1) is 18.7 Å². The molecule has 2 aromatic heterocycles. The molecule has 0 saturated carbocycles. The van der Waals surface area contributed by atoms with Gasteiger partial charge in [-0.05, 0) is 60.0 Å². The van der Waals surface area contributed by atoms with Gasteiger partial charge >= 0.3 is 0 Å². The molecular weight excluding hydrogens is 326 g/mol. The van der Waals surface area contributed by atoms with E-state index in [9.17, 15) is 4.79 Å². The lowest BCUT2D eigenvalue weighted by Crippen LogP contribution is -2.21. The predicted octanol–water partition coefficient (Wildman–Crippen LogP) is 3.76. The van der Waals surface area contributed by atoms with Crippen molar-refractivity contribution in [2.24, 2.45) is 0 Å². The van der Waals surface area contributed by atoms with Crippen molar-refractivity contribution in [3.8, 4) is 22.7 Å². The summed E-state index contributed by atoms with van der Waals surface area (Å²) in [5.74, 6) is 1.32. The van der Waals surface area contributed by atoms with Crippen molar-refractivity contribution >= 4 is 10.8 Å². The zero-order valence-corrected chi connectivity index (χ0v) is 14.5. The van der Waals surface area contributed by atoms with Gasteiger partial charge in [0.2, 0.25) is 0 Å². The van der Waals surface area contributed by atoms with Crippen molar-refractivity contribution in [1.82, 2.24) is 14.8 Å². The van der Waals surface area contributed by atoms with Crippen LogP contribution in [0.15, 0.2) is 71.8 Å². The van der Waals surface area contributed by atoms with Gasteiger partial charge in [0.25, 0.3) is 5.56 Å². The molecule has 0 aliphatic heterocycles. The van der Waals surface area contributed by atoms with Crippen LogP contribution in [-0.4, -0.2) is 21.9 Å². The summed E-state index contributed by atoms with van der Waals surface area (Å²) in [6.45, 7) is 1.96. The minimum Gasteiger partial charge on any atom is -0.497 e. The van der Waals surface area contributed by atoms with Crippen molar-refractivity contribution < 1.29 is 4.74 Å². The second-order valence-electron chi connectivity index (χ2n) is 6.09. The Labute approximate surface area is 150 Å². The number of methoxy groups -OCH3 is 1. The molecule has 0 fully saturated rings. The number of hydrogen-bond acceptors (Lipinski definition) is 4. The molecule has 5 nitrogen and oxygen atoms in total. The highest BCUT2D eigenvalue weighted by atomic mass is 16.5. The number of aryl methyl sites for hydroxylation is 1. The fourth-order valence-electron chi connectivity index (χ4n) is 2.93. The van der Waals surface area contributed by atoms with Gasteiger partial charge in [-0.2, -0.15) is 9.78 Å². The van der Waals surface area contributed by atoms with Gasteiger partial charge < -0.3 is 4.74 Å². The normalized spacial score (nSPS) is 10.8. The van der Waals surface area contributed by atoms with Gasteiger partial charge in [-0.15, -0.1) is 0 Å². The highest BCUT2D eigenvalue weighted by molar-refractivity contribution is 5.86. The van der Waals surface area contributed by atoms with Crippen LogP contribution in [0.25, 0.3) is 27.7 Å². The number of nitrogens with zero attached hydrogens (tertiary/aromatic N) is 3. The summed E-state index contributed by atoms with van der Waals surface area (Å²) in [6, 6.07) is 17.3. The molecule has 2 aromatic carbocycles. The maximum atomic E-state index is 12.8. The molecule has 2 heterocycles. The summed E-state index contributed by atoms with van der Waals surface area (Å²) in [5.41, 5.74) is 2.87. The van der Waals surface area contributed by atoms with E-state index >= 15 is 0 Å². The molecule has 0 spiro atoms. The molecule has 0 aliphatic carbocycles. The van der Waals surface area contributed by atoms with E-state index in [2.05, 4.69) is 10.1 Å². The molecule has 26 heavy (non-hydrogen) atoms. The van der Waals surface area contributed by atoms with E-state index in [0.717, 1.165) is 27.8 Å². The summed E-state index contributed by atoms with van der Waals surface area (Å²) in [6.07, 6.45) is 3.37. The molecule has 5 heteroatoms. The van der Waals surface area contributed by atoms with Crippen molar-refractivity contribution in [1.29, 1.82) is 0 Å². The summed E-state index contributed by atoms with van der Waals surface area (Å²) in [4.78, 5) is 17.1. The van der Waals surface area contributed by atoms with Crippen LogP contribution in [0.5, 0.6) is 5.75 Å². The fraction of sp³-hybridized carbons (Fsp3) is 0.0952. The minimum atomic E-state index is -0.183. The van der Waals surface area contributed by atoms with Crippen LogP contribution in [0, 0.1) is 6.92 Å². The molecule has 0 amide bonds. The molecule has 0 aliphatic rings. The zero-order chi connectivity index (χ0) is 18.1. The Balaban J connectivity index is 1.83. The highest BCUT2D eigenvalue weighted by Gasteiger charge is 2.09. The Morgan fingerprint density at radius 3 is 2.65 bits per heavy atom. The summed E-state index contributed by atoms with van der Waals surface area (Å²) < 4.78 is 6.62. The third-order valence-corrected chi connectivity index (χ3v) is 4.31. The first-order chi connectivity index (χ1) is 12.7. The van der Waals surface area contributed by atoms with Crippen molar-refractivity contribution in [3.05, 3.63) is 82.9 Å². The molecular formula is C21H17N3O2. The Kier molecular flexibility index (Phi) is 3.97. The molecule has 4 rings (SSSR count). The van der Waals surface area contributed by atoms with E-state index < -0.39 is 0 Å². The number of rotatable bonds is 3. The highest BCUT2D eigenvalue weighted by Crippen LogP contribution is 2.26. The van der Waals surface area contributed by atoms with Gasteiger partial charge in [-0.25, -0.2) is 4.98 Å². The van der Waals surface area contributed by atoms with Crippen LogP contribution in [0.1, 0.15) is 5.56 Å². The van der Waals surface area contributed by atoms with E-state index in [-0.39, 0.29) is 5.56 Å². The van der Waals surface area contributed by atoms with Crippen LogP contribution in [0.3, 0.4) is 0 Å². The average Bonchev–Trinajstić information content (AvgIpc) is 2.68. The van der Waals surface area contributed by atoms with Crippen LogP contribution in [0.4, 0.5) is 0 Å². The van der Waals surface area contributed by atoms with Crippen LogP contribution >= 0.6 is 0 Å². The lowest BCUT2D eigenvalue weighted by molar-refractivity contribution is 0.415. The number of hydrogen-bond donors (Lipinski definition) is 0. The van der Waals surface area contributed by atoms with Gasteiger partial charge in [0.1, 0.15) is 5.75 Å².